The molecular formula is C15H27N. The zero-order valence-corrected chi connectivity index (χ0v) is 10.9. The summed E-state index contributed by atoms with van der Waals surface area (Å²) in [4.78, 5) is 0. The molecule has 1 heteroatoms. The fraction of sp³-hybridized carbons (Fsp3) is 0.867. The molecule has 0 bridgehead atoms. The van der Waals surface area contributed by atoms with Crippen LogP contribution in [0.2, 0.25) is 0 Å². The third kappa shape index (κ3) is 2.68. The van der Waals surface area contributed by atoms with Crippen LogP contribution in [0.25, 0.3) is 0 Å². The van der Waals surface area contributed by atoms with Crippen molar-refractivity contribution in [1.29, 1.82) is 0 Å². The summed E-state index contributed by atoms with van der Waals surface area (Å²) in [6, 6.07) is 0.470. The van der Waals surface area contributed by atoms with E-state index in [1.165, 1.54) is 38.5 Å². The molecule has 0 amide bonds. The minimum absolute atomic E-state index is 0.470. The van der Waals surface area contributed by atoms with Gasteiger partial charge in [0.1, 0.15) is 0 Å². The summed E-state index contributed by atoms with van der Waals surface area (Å²) in [5, 5.41) is 0. The van der Waals surface area contributed by atoms with Crippen LogP contribution < -0.4 is 5.73 Å². The van der Waals surface area contributed by atoms with Gasteiger partial charge in [0, 0.05) is 6.04 Å². The number of allylic oxidation sites excluding steroid dienone is 2. The van der Waals surface area contributed by atoms with Crippen LogP contribution in [0.1, 0.15) is 52.4 Å². The summed E-state index contributed by atoms with van der Waals surface area (Å²) in [6.45, 7) is 4.85. The zero-order valence-electron chi connectivity index (χ0n) is 10.9. The highest BCUT2D eigenvalue weighted by atomic mass is 14.7. The first kappa shape index (κ1) is 12.2. The summed E-state index contributed by atoms with van der Waals surface area (Å²) < 4.78 is 0. The predicted octanol–water partition coefficient (Wildman–Crippen LogP) is 3.74. The third-order valence-corrected chi connectivity index (χ3v) is 4.95. The van der Waals surface area contributed by atoms with Gasteiger partial charge in [0.05, 0.1) is 0 Å². The van der Waals surface area contributed by atoms with Gasteiger partial charge in [0.25, 0.3) is 0 Å². The van der Waals surface area contributed by atoms with E-state index in [0.717, 1.165) is 23.7 Å². The molecule has 0 radical (unpaired) electrons. The highest BCUT2D eigenvalue weighted by Gasteiger charge is 2.33. The van der Waals surface area contributed by atoms with Crippen LogP contribution >= 0.6 is 0 Å². The number of rotatable bonds is 2. The van der Waals surface area contributed by atoms with Gasteiger partial charge in [0.15, 0.2) is 0 Å². The largest absolute Gasteiger partial charge is 0.327 e. The molecule has 2 N–H and O–H groups in total. The molecule has 0 aromatic carbocycles. The second-order valence-corrected chi connectivity index (χ2v) is 6.15. The van der Waals surface area contributed by atoms with E-state index in [9.17, 15) is 0 Å². The number of hydrogen-bond donors (Lipinski definition) is 1. The van der Waals surface area contributed by atoms with Crippen LogP contribution in [0.15, 0.2) is 12.2 Å². The van der Waals surface area contributed by atoms with Gasteiger partial charge in [-0.1, -0.05) is 26.0 Å². The van der Waals surface area contributed by atoms with Crippen molar-refractivity contribution in [3.05, 3.63) is 12.2 Å². The van der Waals surface area contributed by atoms with Gasteiger partial charge in [-0.15, -0.1) is 0 Å². The molecule has 5 unspecified atom stereocenters. The summed E-state index contributed by atoms with van der Waals surface area (Å²) in [6.07, 6.45) is 12.6. The van der Waals surface area contributed by atoms with Gasteiger partial charge in [0.2, 0.25) is 0 Å². The van der Waals surface area contributed by atoms with E-state index in [1.54, 1.807) is 0 Å². The minimum Gasteiger partial charge on any atom is -0.327 e. The van der Waals surface area contributed by atoms with Crippen molar-refractivity contribution in [2.24, 2.45) is 29.4 Å². The average molecular weight is 221 g/mol. The van der Waals surface area contributed by atoms with Gasteiger partial charge in [-0.3, -0.25) is 0 Å². The topological polar surface area (TPSA) is 26.0 Å². The Morgan fingerprint density at radius 1 is 1.19 bits per heavy atom. The molecule has 1 saturated carbocycles. The lowest BCUT2D eigenvalue weighted by molar-refractivity contribution is 0.135. The lowest BCUT2D eigenvalue weighted by atomic mass is 9.67. The van der Waals surface area contributed by atoms with Crippen LogP contribution in [0.4, 0.5) is 0 Å². The molecule has 5 atom stereocenters. The highest BCUT2D eigenvalue weighted by Crippen LogP contribution is 2.39. The Morgan fingerprint density at radius 2 is 2.00 bits per heavy atom. The summed E-state index contributed by atoms with van der Waals surface area (Å²) in [5.41, 5.74) is 6.33. The Hall–Kier alpha value is -0.300. The molecule has 2 aliphatic rings. The van der Waals surface area contributed by atoms with Crippen LogP contribution in [-0.2, 0) is 0 Å². The van der Waals surface area contributed by atoms with E-state index in [2.05, 4.69) is 26.0 Å². The van der Waals surface area contributed by atoms with Gasteiger partial charge in [-0.25, -0.2) is 0 Å². The van der Waals surface area contributed by atoms with Gasteiger partial charge in [-0.2, -0.15) is 0 Å². The van der Waals surface area contributed by atoms with E-state index < -0.39 is 0 Å². The second-order valence-electron chi connectivity index (χ2n) is 6.15. The SMILES string of the molecule is CC1CCC(N)C(C(C)C2CC=CCC2)C1. The van der Waals surface area contributed by atoms with Crippen molar-refractivity contribution in [3.63, 3.8) is 0 Å². The number of hydrogen-bond acceptors (Lipinski definition) is 1. The van der Waals surface area contributed by atoms with Crippen molar-refractivity contribution in [1.82, 2.24) is 0 Å². The molecule has 0 saturated heterocycles. The second kappa shape index (κ2) is 5.35. The molecule has 2 rings (SSSR count). The maximum Gasteiger partial charge on any atom is 0.00700 e. The fourth-order valence-corrected chi connectivity index (χ4v) is 3.70. The van der Waals surface area contributed by atoms with E-state index in [4.69, 9.17) is 5.73 Å². The maximum atomic E-state index is 6.33. The minimum atomic E-state index is 0.470. The van der Waals surface area contributed by atoms with Crippen molar-refractivity contribution in [2.45, 2.75) is 58.4 Å². The molecule has 1 fully saturated rings. The van der Waals surface area contributed by atoms with Gasteiger partial charge < -0.3 is 5.73 Å². The average Bonchev–Trinajstić information content (AvgIpc) is 2.32. The monoisotopic (exact) mass is 221 g/mol. The Balaban J connectivity index is 1.96. The van der Waals surface area contributed by atoms with Crippen molar-refractivity contribution in [3.8, 4) is 0 Å². The van der Waals surface area contributed by atoms with E-state index in [-0.39, 0.29) is 0 Å². The zero-order chi connectivity index (χ0) is 11.5. The van der Waals surface area contributed by atoms with E-state index >= 15 is 0 Å². The van der Waals surface area contributed by atoms with E-state index in [0.29, 0.717) is 6.04 Å². The smallest absolute Gasteiger partial charge is 0.00700 e. The molecule has 0 aromatic rings. The normalized spacial score (nSPS) is 41.9. The first-order chi connectivity index (χ1) is 7.68. The van der Waals surface area contributed by atoms with Crippen LogP contribution in [0.3, 0.4) is 0 Å². The van der Waals surface area contributed by atoms with Gasteiger partial charge >= 0.3 is 0 Å². The molecule has 0 aliphatic heterocycles. The standard InChI is InChI=1S/C15H27N/c1-11-8-9-15(16)14(10-11)12(2)13-6-4-3-5-7-13/h3-4,11-15H,5-10,16H2,1-2H3. The van der Waals surface area contributed by atoms with Crippen LogP contribution in [-0.4, -0.2) is 6.04 Å². The quantitative estimate of drug-likeness (QED) is 0.706. The lowest BCUT2D eigenvalue weighted by Crippen LogP contribution is -2.41. The predicted molar refractivity (Wildman–Crippen MR) is 70.1 cm³/mol. The Morgan fingerprint density at radius 3 is 2.69 bits per heavy atom. The third-order valence-electron chi connectivity index (χ3n) is 4.95. The Bertz CT molecular complexity index is 246. The van der Waals surface area contributed by atoms with E-state index in [1.807, 2.05) is 0 Å². The van der Waals surface area contributed by atoms with Crippen LogP contribution in [0, 0.1) is 23.7 Å². The fourth-order valence-electron chi connectivity index (χ4n) is 3.70. The molecule has 16 heavy (non-hydrogen) atoms. The molecular weight excluding hydrogens is 194 g/mol. The molecule has 1 nitrogen and oxygen atoms in total. The van der Waals surface area contributed by atoms with Crippen molar-refractivity contribution >= 4 is 0 Å². The first-order valence-electron chi connectivity index (χ1n) is 7.09. The van der Waals surface area contributed by atoms with Crippen molar-refractivity contribution in [2.75, 3.05) is 0 Å². The molecule has 92 valence electrons. The Labute approximate surface area is 100 Å². The van der Waals surface area contributed by atoms with Gasteiger partial charge in [-0.05, 0) is 62.2 Å². The molecule has 0 aromatic heterocycles. The summed E-state index contributed by atoms with van der Waals surface area (Å²) in [5.74, 6) is 3.39. The molecule has 0 heterocycles. The number of nitrogens with two attached hydrogens (primary N) is 1. The van der Waals surface area contributed by atoms with Crippen LogP contribution in [0.5, 0.6) is 0 Å². The molecule has 0 spiro atoms. The summed E-state index contributed by atoms with van der Waals surface area (Å²) >= 11 is 0. The Kier molecular flexibility index (Phi) is 4.07. The summed E-state index contributed by atoms with van der Waals surface area (Å²) in [7, 11) is 0. The molecule has 2 aliphatic carbocycles. The van der Waals surface area contributed by atoms with Crippen molar-refractivity contribution < 1.29 is 0 Å². The lowest BCUT2D eigenvalue weighted by Gasteiger charge is -2.40. The highest BCUT2D eigenvalue weighted by molar-refractivity contribution is 4.94. The maximum absolute atomic E-state index is 6.33. The first-order valence-corrected chi connectivity index (χ1v) is 7.09.